The van der Waals surface area contributed by atoms with Crippen molar-refractivity contribution in [3.63, 3.8) is 0 Å². The molecule has 5 heteroatoms. The van der Waals surface area contributed by atoms with Crippen LogP contribution in [0.3, 0.4) is 0 Å². The first-order valence-corrected chi connectivity index (χ1v) is 10.3. The molecule has 3 aromatic rings. The molecule has 28 heavy (non-hydrogen) atoms. The lowest BCUT2D eigenvalue weighted by molar-refractivity contribution is -0.140. The van der Waals surface area contributed by atoms with Crippen LogP contribution in [0.25, 0.3) is 0 Å². The number of fused-ring (bicyclic) bond motifs is 2. The summed E-state index contributed by atoms with van der Waals surface area (Å²) in [7, 11) is 0. The van der Waals surface area contributed by atoms with E-state index in [1.54, 1.807) is 28.4 Å². The first-order chi connectivity index (χ1) is 13.6. The van der Waals surface area contributed by atoms with Crippen LogP contribution in [-0.2, 0) is 23.4 Å². The van der Waals surface area contributed by atoms with Gasteiger partial charge in [-0.25, -0.2) is 0 Å². The number of rotatable bonds is 3. The molecule has 0 bridgehead atoms. The van der Waals surface area contributed by atoms with Gasteiger partial charge in [-0.3, -0.25) is 9.59 Å². The fourth-order valence-electron chi connectivity index (χ4n) is 4.51. The maximum Gasteiger partial charge on any atom is 0.264 e. The number of carbonyl (C=O) groups is 2. The Hall–Kier alpha value is -2.76. The van der Waals surface area contributed by atoms with E-state index in [9.17, 15) is 14.7 Å². The second-order valence-corrected chi connectivity index (χ2v) is 8.40. The topological polar surface area (TPSA) is 57.6 Å². The van der Waals surface area contributed by atoms with Crippen molar-refractivity contribution in [2.45, 2.75) is 25.0 Å². The molecule has 2 heterocycles. The van der Waals surface area contributed by atoms with Crippen LogP contribution < -0.4 is 4.90 Å². The van der Waals surface area contributed by atoms with Crippen molar-refractivity contribution in [2.24, 2.45) is 5.92 Å². The zero-order valence-corrected chi connectivity index (χ0v) is 16.0. The molecule has 1 N–H and O–H groups in total. The van der Waals surface area contributed by atoms with Gasteiger partial charge in [0.05, 0.1) is 18.2 Å². The second kappa shape index (κ2) is 6.40. The highest BCUT2D eigenvalue weighted by molar-refractivity contribution is 7.09. The van der Waals surface area contributed by atoms with E-state index in [1.807, 2.05) is 53.9 Å². The van der Waals surface area contributed by atoms with Crippen molar-refractivity contribution in [1.82, 2.24) is 0 Å². The van der Waals surface area contributed by atoms with Crippen LogP contribution >= 0.6 is 11.3 Å². The monoisotopic (exact) mass is 389 g/mol. The highest BCUT2D eigenvalue weighted by Gasteiger charge is 2.57. The van der Waals surface area contributed by atoms with Crippen LogP contribution in [0, 0.1) is 5.92 Å². The quantitative estimate of drug-likeness (QED) is 0.738. The molecule has 1 amide bonds. The average Bonchev–Trinajstić information content (AvgIpc) is 3.31. The molecular weight excluding hydrogens is 370 g/mol. The van der Waals surface area contributed by atoms with Crippen molar-refractivity contribution >= 4 is 28.7 Å². The molecule has 140 valence electrons. The number of hydrogen-bond donors (Lipinski definition) is 1. The van der Waals surface area contributed by atoms with Gasteiger partial charge in [0, 0.05) is 16.0 Å². The zero-order chi connectivity index (χ0) is 19.3. The lowest BCUT2D eigenvalue weighted by atomic mass is 9.71. The highest BCUT2D eigenvalue weighted by Crippen LogP contribution is 2.48. The standard InChI is InChI=1S/C23H19NO3S/c25-21-17-8-2-1-6-15(17)11-12-19(21)23(27)18-9-3-4-10-20(18)24(22(23)26)14-16-7-5-13-28-16/h1-10,13,19,27H,11-12,14H2/t19-,23-/m0/s1. The molecule has 0 unspecified atom stereocenters. The fourth-order valence-corrected chi connectivity index (χ4v) is 5.20. The smallest absolute Gasteiger partial charge is 0.264 e. The van der Waals surface area contributed by atoms with Gasteiger partial charge in [0.2, 0.25) is 0 Å². The molecule has 1 aliphatic carbocycles. The average molecular weight is 389 g/mol. The van der Waals surface area contributed by atoms with Crippen molar-refractivity contribution in [3.05, 3.63) is 87.6 Å². The number of benzene rings is 2. The summed E-state index contributed by atoms with van der Waals surface area (Å²) in [4.78, 5) is 29.4. The highest BCUT2D eigenvalue weighted by atomic mass is 32.1. The van der Waals surface area contributed by atoms with Gasteiger partial charge in [-0.2, -0.15) is 0 Å². The van der Waals surface area contributed by atoms with Crippen molar-refractivity contribution < 1.29 is 14.7 Å². The van der Waals surface area contributed by atoms with Gasteiger partial charge < -0.3 is 10.0 Å². The third-order valence-corrected chi connectivity index (χ3v) is 6.74. The van der Waals surface area contributed by atoms with Crippen molar-refractivity contribution in [1.29, 1.82) is 0 Å². The zero-order valence-electron chi connectivity index (χ0n) is 15.2. The Balaban J connectivity index is 1.59. The minimum atomic E-state index is -1.82. The number of aliphatic hydroxyl groups is 1. The summed E-state index contributed by atoms with van der Waals surface area (Å²) >= 11 is 1.57. The van der Waals surface area contributed by atoms with Gasteiger partial charge in [-0.05, 0) is 35.9 Å². The molecule has 0 radical (unpaired) electrons. The molecule has 2 aliphatic rings. The Bertz CT molecular complexity index is 1070. The molecular formula is C23H19NO3S. The number of ketones is 1. The molecule has 1 aliphatic heterocycles. The lowest BCUT2D eigenvalue weighted by Gasteiger charge is -2.34. The van der Waals surface area contributed by atoms with Crippen LogP contribution in [0.4, 0.5) is 5.69 Å². The van der Waals surface area contributed by atoms with Crippen molar-refractivity contribution in [3.8, 4) is 0 Å². The minimum absolute atomic E-state index is 0.148. The largest absolute Gasteiger partial charge is 0.375 e. The Kier molecular flexibility index (Phi) is 3.96. The molecule has 0 saturated carbocycles. The van der Waals surface area contributed by atoms with E-state index in [2.05, 4.69) is 0 Å². The van der Waals surface area contributed by atoms with E-state index in [0.29, 0.717) is 36.2 Å². The van der Waals surface area contributed by atoms with E-state index in [4.69, 9.17) is 0 Å². The fraction of sp³-hybridized carbons (Fsp3) is 0.217. The normalized spacial score (nSPS) is 23.6. The molecule has 5 rings (SSSR count). The summed E-state index contributed by atoms with van der Waals surface area (Å²) in [5, 5.41) is 13.7. The van der Waals surface area contributed by atoms with Gasteiger partial charge in [-0.1, -0.05) is 48.5 Å². The van der Waals surface area contributed by atoms with Gasteiger partial charge in [0.25, 0.3) is 5.91 Å². The summed E-state index contributed by atoms with van der Waals surface area (Å²) in [5.74, 6) is -1.32. The number of hydrogen-bond acceptors (Lipinski definition) is 4. The number of thiophene rings is 1. The maximum atomic E-state index is 13.5. The number of nitrogens with zero attached hydrogens (tertiary/aromatic N) is 1. The number of carbonyl (C=O) groups excluding carboxylic acids is 2. The Morgan fingerprint density at radius 1 is 1.04 bits per heavy atom. The predicted molar refractivity (Wildman–Crippen MR) is 108 cm³/mol. The van der Waals surface area contributed by atoms with Gasteiger partial charge in [-0.15, -0.1) is 11.3 Å². The predicted octanol–water partition coefficient (Wildman–Crippen LogP) is 3.93. The first-order valence-electron chi connectivity index (χ1n) is 9.39. The van der Waals surface area contributed by atoms with E-state index in [0.717, 1.165) is 10.4 Å². The molecule has 2 atom stereocenters. The summed E-state index contributed by atoms with van der Waals surface area (Å²) < 4.78 is 0. The Morgan fingerprint density at radius 2 is 1.82 bits per heavy atom. The van der Waals surface area contributed by atoms with Gasteiger partial charge in [0.1, 0.15) is 0 Å². The number of anilines is 1. The summed E-state index contributed by atoms with van der Waals surface area (Å²) in [6.07, 6.45) is 1.13. The van der Waals surface area contributed by atoms with Gasteiger partial charge >= 0.3 is 0 Å². The number of Topliss-reactive ketones (excluding diaryl/α,β-unsaturated/α-hetero) is 1. The third-order valence-electron chi connectivity index (χ3n) is 5.88. The first kappa shape index (κ1) is 17.3. The number of para-hydroxylation sites is 1. The molecule has 2 aromatic carbocycles. The Labute approximate surface area is 167 Å². The van der Waals surface area contributed by atoms with E-state index in [-0.39, 0.29) is 5.78 Å². The summed E-state index contributed by atoms with van der Waals surface area (Å²) in [5.41, 5.74) is 1.01. The SMILES string of the molecule is O=C1c2ccccc2CC[C@@H]1[C@]1(O)C(=O)N(Cc2cccs2)c2ccccc21. The third kappa shape index (κ3) is 2.40. The molecule has 0 saturated heterocycles. The van der Waals surface area contributed by atoms with Crippen LogP contribution in [0.5, 0.6) is 0 Å². The second-order valence-electron chi connectivity index (χ2n) is 7.37. The molecule has 0 fully saturated rings. The Morgan fingerprint density at radius 3 is 2.64 bits per heavy atom. The lowest BCUT2D eigenvalue weighted by Crippen LogP contribution is -2.49. The molecule has 4 nitrogen and oxygen atoms in total. The molecule has 1 aromatic heterocycles. The summed E-state index contributed by atoms with van der Waals surface area (Å²) in [6.45, 7) is 0.396. The van der Waals surface area contributed by atoms with Crippen LogP contribution in [0.15, 0.2) is 66.0 Å². The summed E-state index contributed by atoms with van der Waals surface area (Å²) in [6, 6.07) is 18.7. The number of aryl methyl sites for hydroxylation is 1. The van der Waals surface area contributed by atoms with Gasteiger partial charge in [0.15, 0.2) is 11.4 Å². The van der Waals surface area contributed by atoms with E-state index < -0.39 is 17.4 Å². The number of amides is 1. The van der Waals surface area contributed by atoms with E-state index in [1.165, 1.54) is 0 Å². The minimum Gasteiger partial charge on any atom is -0.375 e. The molecule has 0 spiro atoms. The van der Waals surface area contributed by atoms with Crippen LogP contribution in [0.2, 0.25) is 0 Å². The van der Waals surface area contributed by atoms with Crippen molar-refractivity contribution in [2.75, 3.05) is 4.90 Å². The van der Waals surface area contributed by atoms with E-state index >= 15 is 0 Å². The maximum absolute atomic E-state index is 13.5. The van der Waals surface area contributed by atoms with Crippen LogP contribution in [-0.4, -0.2) is 16.8 Å². The van der Waals surface area contributed by atoms with Crippen LogP contribution in [0.1, 0.15) is 32.8 Å².